The van der Waals surface area contributed by atoms with Gasteiger partial charge < -0.3 is 25.9 Å². The molecule has 3 aromatic heterocycles. The normalized spacial score (nSPS) is 12.4. The number of nitrogen functional groups attached to an aromatic ring is 1. The van der Waals surface area contributed by atoms with Crippen molar-refractivity contribution in [3.05, 3.63) is 44.0 Å². The Morgan fingerprint density at radius 1 is 1.30 bits per heavy atom. The molecule has 0 radical (unpaired) electrons. The first-order valence-electron chi connectivity index (χ1n) is 11.9. The second-order valence-electron chi connectivity index (χ2n) is 8.44. The maximum absolute atomic E-state index is 12.7. The molecule has 0 saturated heterocycles. The number of hydrogen-bond donors (Lipinski definition) is 5. The number of aliphatic carboxylic acids is 1. The molecule has 3 aromatic rings. The van der Waals surface area contributed by atoms with Crippen molar-refractivity contribution in [2.45, 2.75) is 64.5 Å². The molecule has 3 heterocycles. The van der Waals surface area contributed by atoms with E-state index >= 15 is 0 Å². The number of nitrogens with zero attached hydrogens (tertiary/aromatic N) is 1. The lowest BCUT2D eigenvalue weighted by Crippen LogP contribution is -2.42. The molecule has 6 N–H and O–H groups in total. The predicted octanol–water partition coefficient (Wildman–Crippen LogP) is 2.57. The van der Waals surface area contributed by atoms with E-state index in [1.807, 2.05) is 6.92 Å². The maximum Gasteiger partial charge on any atom is 0.328 e. The van der Waals surface area contributed by atoms with Crippen LogP contribution in [-0.2, 0) is 20.7 Å². The Morgan fingerprint density at radius 2 is 2.08 bits per heavy atom. The predicted molar refractivity (Wildman–Crippen MR) is 139 cm³/mol. The third-order valence-corrected chi connectivity index (χ3v) is 6.49. The van der Waals surface area contributed by atoms with E-state index in [4.69, 9.17) is 15.6 Å². The minimum atomic E-state index is -1.07. The molecular weight excluding hydrogens is 498 g/mol. The summed E-state index contributed by atoms with van der Waals surface area (Å²) in [4.78, 5) is 58.6. The summed E-state index contributed by atoms with van der Waals surface area (Å²) in [5.74, 6) is 3.94. The fraction of sp³-hybridized carbons (Fsp3) is 0.400. The summed E-state index contributed by atoms with van der Waals surface area (Å²) in [6.07, 6.45) is 1.94. The summed E-state index contributed by atoms with van der Waals surface area (Å²) in [5, 5.41) is 12.0. The van der Waals surface area contributed by atoms with Gasteiger partial charge in [-0.2, -0.15) is 4.98 Å². The van der Waals surface area contributed by atoms with Crippen LogP contribution in [0.4, 0.5) is 5.95 Å². The van der Waals surface area contributed by atoms with Crippen molar-refractivity contribution in [1.82, 2.24) is 20.3 Å². The van der Waals surface area contributed by atoms with Crippen LogP contribution in [0.1, 0.15) is 66.2 Å². The fourth-order valence-corrected chi connectivity index (χ4v) is 4.16. The Bertz CT molecular complexity index is 1400. The smallest absolute Gasteiger partial charge is 0.328 e. The number of rotatable bonds is 11. The molecular formula is C25H29N5O6S. The Kier molecular flexibility index (Phi) is 9.45. The lowest BCUT2D eigenvalue weighted by Gasteiger charge is -2.19. The first kappa shape index (κ1) is 27.5. The molecule has 0 aliphatic carbocycles. The van der Waals surface area contributed by atoms with Crippen LogP contribution in [0.25, 0.3) is 11.0 Å². The zero-order valence-corrected chi connectivity index (χ0v) is 21.4. The first-order chi connectivity index (χ1) is 17.7. The molecule has 12 heteroatoms. The second-order valence-corrected chi connectivity index (χ2v) is 9.53. The average molecular weight is 528 g/mol. The van der Waals surface area contributed by atoms with Crippen LogP contribution in [-0.4, -0.2) is 50.1 Å². The van der Waals surface area contributed by atoms with Crippen molar-refractivity contribution >= 4 is 46.2 Å². The number of aryl methyl sites for hydroxylation is 1. The number of fused-ring (bicyclic) bond motifs is 1. The average Bonchev–Trinajstić information content (AvgIpc) is 3.48. The highest BCUT2D eigenvalue weighted by atomic mass is 32.1. The van der Waals surface area contributed by atoms with Crippen LogP contribution < -0.4 is 16.6 Å². The highest BCUT2D eigenvalue weighted by molar-refractivity contribution is 7.14. The number of ether oxygens (including phenoxy) is 1. The molecule has 0 aliphatic rings. The minimum Gasteiger partial charge on any atom is -0.481 e. The number of H-pyrrole nitrogens is 2. The lowest BCUT2D eigenvalue weighted by molar-refractivity contribution is -0.151. The van der Waals surface area contributed by atoms with E-state index in [2.05, 4.69) is 32.1 Å². The molecule has 3 rings (SSSR count). The van der Waals surface area contributed by atoms with Crippen LogP contribution >= 0.6 is 11.3 Å². The largest absolute Gasteiger partial charge is 0.481 e. The zero-order chi connectivity index (χ0) is 26.9. The van der Waals surface area contributed by atoms with Crippen molar-refractivity contribution in [1.29, 1.82) is 0 Å². The Labute approximate surface area is 216 Å². The van der Waals surface area contributed by atoms with Gasteiger partial charge in [-0.15, -0.1) is 11.3 Å². The standard InChI is InChI=1S/C25H29N5O6S/c1-3-14(2)36-24(35)18(10-12-20(31)32)28-23(34)19-11-9-16(37-19)8-6-4-5-7-15-13-17-21(27-15)29-25(26)30-22(17)33/h9,11,13-14,18H,3-5,7,10,12H2,1-2H3,(H,28,34)(H,31,32)(H4,26,27,29,30,33). The summed E-state index contributed by atoms with van der Waals surface area (Å²) in [5.41, 5.74) is 6.58. The molecule has 196 valence electrons. The third-order valence-electron chi connectivity index (χ3n) is 5.49. The summed E-state index contributed by atoms with van der Waals surface area (Å²) in [6.45, 7) is 3.59. The molecule has 37 heavy (non-hydrogen) atoms. The number of carbonyl (C=O) groups is 3. The summed E-state index contributed by atoms with van der Waals surface area (Å²) < 4.78 is 5.28. The number of anilines is 1. The number of hydrogen-bond acceptors (Lipinski definition) is 8. The van der Waals surface area contributed by atoms with Gasteiger partial charge in [0.2, 0.25) is 5.95 Å². The number of carbonyl (C=O) groups excluding carboxylic acids is 2. The van der Waals surface area contributed by atoms with Crippen molar-refractivity contribution in [3.8, 4) is 11.8 Å². The van der Waals surface area contributed by atoms with E-state index in [9.17, 15) is 19.2 Å². The molecule has 0 bridgehead atoms. The van der Waals surface area contributed by atoms with Crippen LogP contribution in [0.15, 0.2) is 23.0 Å². The number of carboxylic acids is 1. The molecule has 1 amide bonds. The second kappa shape index (κ2) is 12.7. The van der Waals surface area contributed by atoms with E-state index in [1.165, 1.54) is 11.3 Å². The zero-order valence-electron chi connectivity index (χ0n) is 20.6. The fourth-order valence-electron chi connectivity index (χ4n) is 3.38. The minimum absolute atomic E-state index is 0.0579. The number of aromatic amines is 2. The van der Waals surface area contributed by atoms with Gasteiger partial charge in [0.05, 0.1) is 21.2 Å². The van der Waals surface area contributed by atoms with Crippen LogP contribution in [0.2, 0.25) is 0 Å². The monoisotopic (exact) mass is 527 g/mol. The van der Waals surface area contributed by atoms with Crippen molar-refractivity contribution in [3.63, 3.8) is 0 Å². The molecule has 0 saturated carbocycles. The van der Waals surface area contributed by atoms with E-state index in [1.54, 1.807) is 25.1 Å². The van der Waals surface area contributed by atoms with Gasteiger partial charge in [0.15, 0.2) is 0 Å². The van der Waals surface area contributed by atoms with Crippen molar-refractivity contribution in [2.24, 2.45) is 0 Å². The Hall–Kier alpha value is -4.11. The Morgan fingerprint density at radius 3 is 2.81 bits per heavy atom. The van der Waals surface area contributed by atoms with Gasteiger partial charge in [0, 0.05) is 18.5 Å². The number of carboxylic acid groups (broad SMARTS) is 1. The van der Waals surface area contributed by atoms with Crippen LogP contribution in [0, 0.1) is 11.8 Å². The van der Waals surface area contributed by atoms with Gasteiger partial charge in [0.25, 0.3) is 11.5 Å². The van der Waals surface area contributed by atoms with E-state index in [-0.39, 0.29) is 30.5 Å². The molecule has 0 aliphatic heterocycles. The number of esters is 1. The van der Waals surface area contributed by atoms with E-state index < -0.39 is 23.9 Å². The highest BCUT2D eigenvalue weighted by Crippen LogP contribution is 2.17. The van der Waals surface area contributed by atoms with Gasteiger partial charge in [0.1, 0.15) is 11.7 Å². The molecule has 2 atom stereocenters. The van der Waals surface area contributed by atoms with Gasteiger partial charge in [-0.25, -0.2) is 4.79 Å². The summed E-state index contributed by atoms with van der Waals surface area (Å²) in [7, 11) is 0. The van der Waals surface area contributed by atoms with Crippen molar-refractivity contribution in [2.75, 3.05) is 5.73 Å². The number of thiophene rings is 1. The topological polar surface area (TPSA) is 180 Å². The molecule has 0 spiro atoms. The first-order valence-corrected chi connectivity index (χ1v) is 12.7. The number of nitrogens with two attached hydrogens (primary N) is 1. The van der Waals surface area contributed by atoms with E-state index in [0.717, 1.165) is 12.1 Å². The lowest BCUT2D eigenvalue weighted by atomic mass is 10.1. The third kappa shape index (κ3) is 7.94. The highest BCUT2D eigenvalue weighted by Gasteiger charge is 2.25. The Balaban J connectivity index is 1.54. The molecule has 2 unspecified atom stereocenters. The quantitative estimate of drug-likeness (QED) is 0.143. The van der Waals surface area contributed by atoms with Gasteiger partial charge in [-0.1, -0.05) is 18.8 Å². The van der Waals surface area contributed by atoms with Crippen LogP contribution in [0.3, 0.4) is 0 Å². The summed E-state index contributed by atoms with van der Waals surface area (Å²) >= 11 is 1.18. The number of amides is 1. The molecule has 0 fully saturated rings. The van der Waals surface area contributed by atoms with E-state index in [0.29, 0.717) is 40.1 Å². The van der Waals surface area contributed by atoms with Gasteiger partial charge in [-0.05, 0) is 50.8 Å². The summed E-state index contributed by atoms with van der Waals surface area (Å²) in [6, 6.07) is 4.02. The SMILES string of the molecule is CCC(C)OC(=O)C(CCC(=O)O)NC(=O)c1ccc(C#CCCCc2cc3c(=O)[nH]c(N)nc3[nH]2)s1. The van der Waals surface area contributed by atoms with Crippen LogP contribution in [0.5, 0.6) is 0 Å². The molecule has 11 nitrogen and oxygen atoms in total. The van der Waals surface area contributed by atoms with Gasteiger partial charge >= 0.3 is 11.9 Å². The number of aromatic nitrogens is 3. The number of nitrogens with one attached hydrogen (secondary N) is 3. The maximum atomic E-state index is 12.7. The van der Waals surface area contributed by atoms with Crippen molar-refractivity contribution < 1.29 is 24.2 Å². The molecule has 0 aromatic carbocycles. The van der Waals surface area contributed by atoms with Gasteiger partial charge in [-0.3, -0.25) is 19.4 Å². The number of unbranched alkanes of at least 4 members (excludes halogenated alkanes) is 1.